The van der Waals surface area contributed by atoms with Gasteiger partial charge in [-0.1, -0.05) is 20.8 Å². The van der Waals surface area contributed by atoms with Crippen molar-refractivity contribution in [3.05, 3.63) is 0 Å². The molecule has 2 N–H and O–H groups in total. The van der Waals surface area contributed by atoms with E-state index in [4.69, 9.17) is 5.21 Å². The predicted octanol–water partition coefficient (Wildman–Crippen LogP) is -0.773. The third-order valence-electron chi connectivity index (χ3n) is 1.37. The molecule has 0 aromatic rings. The first-order chi connectivity index (χ1) is 6.08. The topological polar surface area (TPSA) is 64.8 Å². The Bertz CT molecular complexity index is 111. The number of hydrogen-bond acceptors (Lipinski definition) is 3. The van der Waals surface area contributed by atoms with Gasteiger partial charge >= 0.3 is 0 Å². The molecule has 0 aliphatic rings. The summed E-state index contributed by atoms with van der Waals surface area (Å²) in [5.41, 5.74) is 0. The van der Waals surface area contributed by atoms with E-state index in [2.05, 4.69) is 13.8 Å². The van der Waals surface area contributed by atoms with E-state index in [0.717, 1.165) is 25.9 Å². The van der Waals surface area contributed by atoms with Crippen LogP contribution in [0.1, 0.15) is 40.0 Å². The Morgan fingerprint density at radius 2 is 1.54 bits per heavy atom. The maximum absolute atomic E-state index is 9.26. The van der Waals surface area contributed by atoms with Gasteiger partial charge in [0.1, 0.15) is 13.1 Å². The van der Waals surface area contributed by atoms with Crippen molar-refractivity contribution in [1.82, 2.24) is 0 Å². The summed E-state index contributed by atoms with van der Waals surface area (Å²) in [5.74, 6) is -0.995. The highest BCUT2D eigenvalue weighted by atomic mass is 16.5. The van der Waals surface area contributed by atoms with Crippen LogP contribution in [-0.4, -0.2) is 24.3 Å². The third kappa shape index (κ3) is 18.4. The number of aliphatic carboxylic acids is 1. The summed E-state index contributed by atoms with van der Waals surface area (Å²) in [7, 11) is 0. The monoisotopic (exact) mass is 191 g/mol. The lowest BCUT2D eigenvalue weighted by molar-refractivity contribution is -1.09. The fourth-order valence-electron chi connectivity index (χ4n) is 0.702. The molecule has 0 unspecified atom stereocenters. The summed E-state index contributed by atoms with van der Waals surface area (Å²) in [6.07, 6.45) is 2.23. The van der Waals surface area contributed by atoms with Crippen molar-refractivity contribution in [2.24, 2.45) is 0 Å². The SMILES string of the molecule is CCC(=O)[O-].CCC[NH+](O)CCC. The molecule has 0 rings (SSSR count). The highest BCUT2D eigenvalue weighted by Gasteiger charge is 1.97. The molecule has 0 radical (unpaired) electrons. The van der Waals surface area contributed by atoms with Crippen molar-refractivity contribution in [2.45, 2.75) is 40.0 Å². The van der Waals surface area contributed by atoms with Crippen LogP contribution in [0.2, 0.25) is 0 Å². The summed E-state index contributed by atoms with van der Waals surface area (Å²) in [6, 6.07) is 0. The van der Waals surface area contributed by atoms with E-state index in [1.807, 2.05) is 0 Å². The first kappa shape index (κ1) is 14.9. The van der Waals surface area contributed by atoms with E-state index < -0.39 is 5.97 Å². The standard InChI is InChI=1S/C6H15NO.C3H6O2/c1-3-5-7(8)6-4-2;1-2-3(4)5/h8H,3-6H2,1-2H3;2H2,1H3,(H,4,5). The van der Waals surface area contributed by atoms with Crippen LogP contribution in [0, 0.1) is 0 Å². The second kappa shape index (κ2) is 11.4. The number of quaternary nitrogens is 1. The normalized spacial score (nSPS) is 9.31. The van der Waals surface area contributed by atoms with Gasteiger partial charge in [0.25, 0.3) is 0 Å². The highest BCUT2D eigenvalue weighted by Crippen LogP contribution is 1.65. The van der Waals surface area contributed by atoms with Crippen LogP contribution in [0.15, 0.2) is 0 Å². The van der Waals surface area contributed by atoms with Crippen LogP contribution < -0.4 is 10.2 Å². The van der Waals surface area contributed by atoms with Gasteiger partial charge in [0, 0.05) is 5.97 Å². The Labute approximate surface area is 80.1 Å². The maximum Gasteiger partial charge on any atom is 0.107 e. The molecule has 13 heavy (non-hydrogen) atoms. The van der Waals surface area contributed by atoms with Crippen molar-refractivity contribution in [3.63, 3.8) is 0 Å². The molecule has 4 heteroatoms. The van der Waals surface area contributed by atoms with Crippen molar-refractivity contribution in [1.29, 1.82) is 0 Å². The molecule has 0 fully saturated rings. The lowest BCUT2D eigenvalue weighted by Gasteiger charge is -2.05. The van der Waals surface area contributed by atoms with Crippen molar-refractivity contribution in [3.8, 4) is 0 Å². The lowest BCUT2D eigenvalue weighted by atomic mass is 10.4. The fourth-order valence-corrected chi connectivity index (χ4v) is 0.702. The van der Waals surface area contributed by atoms with Crippen LogP contribution in [-0.2, 0) is 4.79 Å². The quantitative estimate of drug-likeness (QED) is 0.561. The van der Waals surface area contributed by atoms with Gasteiger partial charge in [0.05, 0.1) is 0 Å². The number of hydrogen-bond donors (Lipinski definition) is 2. The number of carboxylic acids is 1. The van der Waals surface area contributed by atoms with Gasteiger partial charge in [-0.2, -0.15) is 5.06 Å². The zero-order chi connectivity index (χ0) is 10.7. The van der Waals surface area contributed by atoms with Crippen LogP contribution in [0.3, 0.4) is 0 Å². The molecule has 0 saturated carbocycles. The molecular weight excluding hydrogens is 170 g/mol. The van der Waals surface area contributed by atoms with Crippen LogP contribution >= 0.6 is 0 Å². The van der Waals surface area contributed by atoms with Crippen LogP contribution in [0.4, 0.5) is 0 Å². The summed E-state index contributed by atoms with van der Waals surface area (Å²) in [4.78, 5) is 9.26. The molecule has 80 valence electrons. The molecule has 0 bridgehead atoms. The molecule has 0 heterocycles. The molecule has 0 amide bonds. The molecular formula is C9H21NO3. The number of rotatable bonds is 5. The fraction of sp³-hybridized carbons (Fsp3) is 0.889. The molecule has 0 aromatic heterocycles. The van der Waals surface area contributed by atoms with Crippen molar-refractivity contribution < 1.29 is 20.2 Å². The number of nitrogens with one attached hydrogen (secondary N) is 1. The molecule has 0 aliphatic carbocycles. The number of carbonyl (C=O) groups excluding carboxylic acids is 1. The summed E-state index contributed by atoms with van der Waals surface area (Å²) in [6.45, 7) is 7.45. The minimum Gasteiger partial charge on any atom is -0.550 e. The Morgan fingerprint density at radius 1 is 1.23 bits per heavy atom. The van der Waals surface area contributed by atoms with Gasteiger partial charge in [0.2, 0.25) is 0 Å². The van der Waals surface area contributed by atoms with E-state index >= 15 is 0 Å². The van der Waals surface area contributed by atoms with Gasteiger partial charge in [0.15, 0.2) is 0 Å². The molecule has 0 aliphatic heterocycles. The number of hydroxylamine groups is 2. The van der Waals surface area contributed by atoms with E-state index in [1.54, 1.807) is 0 Å². The van der Waals surface area contributed by atoms with Gasteiger partial charge in [-0.15, -0.1) is 0 Å². The van der Waals surface area contributed by atoms with Gasteiger partial charge in [-0.05, 0) is 19.3 Å². The Kier molecular flexibility index (Phi) is 13.0. The van der Waals surface area contributed by atoms with Crippen molar-refractivity contribution >= 4 is 5.97 Å². The Balaban J connectivity index is 0. The minimum absolute atomic E-state index is 0.111. The molecule has 4 nitrogen and oxygen atoms in total. The van der Waals surface area contributed by atoms with Crippen LogP contribution in [0.5, 0.6) is 0 Å². The largest absolute Gasteiger partial charge is 0.550 e. The molecule has 0 spiro atoms. The molecule has 0 saturated heterocycles. The van der Waals surface area contributed by atoms with E-state index in [0.29, 0.717) is 5.06 Å². The van der Waals surface area contributed by atoms with Gasteiger partial charge in [-0.3, -0.25) is 0 Å². The van der Waals surface area contributed by atoms with Crippen LogP contribution in [0.25, 0.3) is 0 Å². The summed E-state index contributed by atoms with van der Waals surface area (Å²) < 4.78 is 0. The maximum atomic E-state index is 9.26. The number of carbonyl (C=O) groups is 1. The zero-order valence-corrected chi connectivity index (χ0v) is 8.80. The van der Waals surface area contributed by atoms with E-state index in [1.165, 1.54) is 6.92 Å². The first-order valence-electron chi connectivity index (χ1n) is 4.81. The second-order valence-corrected chi connectivity index (χ2v) is 2.79. The molecule has 0 atom stereocenters. The average Bonchev–Trinajstić information content (AvgIpc) is 2.06. The lowest BCUT2D eigenvalue weighted by Crippen LogP contribution is -3.09. The number of carboxylic acid groups (broad SMARTS) is 1. The smallest absolute Gasteiger partial charge is 0.107 e. The van der Waals surface area contributed by atoms with Gasteiger partial charge < -0.3 is 9.90 Å². The summed E-state index contributed by atoms with van der Waals surface area (Å²) in [5, 5.41) is 18.9. The van der Waals surface area contributed by atoms with Crippen molar-refractivity contribution in [2.75, 3.05) is 13.1 Å². The zero-order valence-electron chi connectivity index (χ0n) is 8.80. The predicted molar refractivity (Wildman–Crippen MR) is 48.4 cm³/mol. The minimum atomic E-state index is -0.995. The van der Waals surface area contributed by atoms with E-state index in [-0.39, 0.29) is 6.42 Å². The van der Waals surface area contributed by atoms with E-state index in [9.17, 15) is 9.90 Å². The van der Waals surface area contributed by atoms with Gasteiger partial charge in [-0.25, -0.2) is 5.21 Å². The Morgan fingerprint density at radius 3 is 1.69 bits per heavy atom. The first-order valence-corrected chi connectivity index (χ1v) is 4.81. The Hall–Kier alpha value is -0.610. The summed E-state index contributed by atoms with van der Waals surface area (Å²) >= 11 is 0. The highest BCUT2D eigenvalue weighted by molar-refractivity contribution is 5.63. The molecule has 0 aromatic carbocycles. The average molecular weight is 191 g/mol. The third-order valence-corrected chi connectivity index (χ3v) is 1.37. The second-order valence-electron chi connectivity index (χ2n) is 2.79.